The largest absolute Gasteiger partial charge is 0.381 e. The Bertz CT molecular complexity index is 839. The van der Waals surface area contributed by atoms with Gasteiger partial charge in [-0.1, -0.05) is 42.5 Å². The monoisotopic (exact) mass is 287 g/mol. The lowest BCUT2D eigenvalue weighted by atomic mass is 10.1. The van der Waals surface area contributed by atoms with E-state index >= 15 is 0 Å². The van der Waals surface area contributed by atoms with Gasteiger partial charge in [-0.25, -0.2) is 4.99 Å². The molecule has 2 aliphatic heterocycles. The van der Waals surface area contributed by atoms with Crippen LogP contribution in [0.1, 0.15) is 5.56 Å². The number of hydrogen-bond acceptors (Lipinski definition) is 3. The van der Waals surface area contributed by atoms with Crippen LogP contribution in [0.2, 0.25) is 0 Å². The summed E-state index contributed by atoms with van der Waals surface area (Å²) in [5.74, 6) is 0. The Morgan fingerprint density at radius 1 is 0.955 bits per heavy atom. The zero-order valence-electron chi connectivity index (χ0n) is 12.5. The number of para-hydroxylation sites is 1. The van der Waals surface area contributed by atoms with Gasteiger partial charge in [0, 0.05) is 24.7 Å². The average molecular weight is 287 g/mol. The summed E-state index contributed by atoms with van der Waals surface area (Å²) in [6.07, 6.45) is 1.86. The highest BCUT2D eigenvalue weighted by atomic mass is 15.1. The van der Waals surface area contributed by atoms with Crippen LogP contribution in [0.25, 0.3) is 10.8 Å². The maximum atomic E-state index is 4.39. The molecule has 0 saturated carbocycles. The van der Waals surface area contributed by atoms with Gasteiger partial charge < -0.3 is 10.2 Å². The summed E-state index contributed by atoms with van der Waals surface area (Å²) in [5.41, 5.74) is 5.03. The molecule has 22 heavy (non-hydrogen) atoms. The minimum Gasteiger partial charge on any atom is -0.381 e. The van der Waals surface area contributed by atoms with Crippen molar-refractivity contribution in [3.63, 3.8) is 0 Å². The first-order valence-electron chi connectivity index (χ1n) is 7.43. The zero-order valence-corrected chi connectivity index (χ0v) is 12.5. The van der Waals surface area contributed by atoms with Crippen LogP contribution in [-0.4, -0.2) is 13.4 Å². The van der Waals surface area contributed by atoms with Gasteiger partial charge in [-0.3, -0.25) is 0 Å². The number of fused-ring (bicyclic) bond motifs is 1. The Balaban J connectivity index is 0.000000132. The smallest absolute Gasteiger partial charge is 0.0954 e. The highest BCUT2D eigenvalue weighted by molar-refractivity contribution is 6.09. The molecule has 0 saturated heterocycles. The van der Waals surface area contributed by atoms with Crippen LogP contribution in [0, 0.1) is 0 Å². The third-order valence-electron chi connectivity index (χ3n) is 4.10. The molecule has 108 valence electrons. The molecule has 3 aromatic rings. The summed E-state index contributed by atoms with van der Waals surface area (Å²) in [6, 6.07) is 20.9. The first-order chi connectivity index (χ1) is 10.8. The fourth-order valence-corrected chi connectivity index (χ4v) is 2.84. The average Bonchev–Trinajstić information content (AvgIpc) is 2.53. The summed E-state index contributed by atoms with van der Waals surface area (Å²) in [6.45, 7) is 1.05. The van der Waals surface area contributed by atoms with Crippen LogP contribution in [-0.2, 0) is 6.54 Å². The molecule has 3 nitrogen and oxygen atoms in total. The Morgan fingerprint density at radius 2 is 1.77 bits per heavy atom. The first kappa shape index (κ1) is 12.9. The minimum atomic E-state index is 1.05. The molecule has 2 heterocycles. The van der Waals surface area contributed by atoms with Gasteiger partial charge in [0.25, 0.3) is 0 Å². The van der Waals surface area contributed by atoms with Crippen LogP contribution in [0.4, 0.5) is 17.1 Å². The summed E-state index contributed by atoms with van der Waals surface area (Å²) in [7, 11) is 2.02. The predicted molar refractivity (Wildman–Crippen MR) is 94.3 cm³/mol. The molecule has 0 radical (unpaired) electrons. The van der Waals surface area contributed by atoms with E-state index in [4.69, 9.17) is 0 Å². The fourth-order valence-electron chi connectivity index (χ4n) is 2.84. The normalized spacial score (nSPS) is 13.6. The van der Waals surface area contributed by atoms with Crippen molar-refractivity contribution in [2.45, 2.75) is 6.54 Å². The fraction of sp³-hybridized carbons (Fsp3) is 0.105. The Labute approximate surface area is 129 Å². The molecule has 0 aliphatic carbocycles. The maximum Gasteiger partial charge on any atom is 0.0954 e. The molecule has 0 aromatic heterocycles. The van der Waals surface area contributed by atoms with Gasteiger partial charge in [-0.2, -0.15) is 0 Å². The Morgan fingerprint density at radius 3 is 2.45 bits per heavy atom. The summed E-state index contributed by atoms with van der Waals surface area (Å²) >= 11 is 0. The molecule has 1 N–H and O–H groups in total. The molecule has 0 spiro atoms. The van der Waals surface area contributed by atoms with Crippen molar-refractivity contribution in [2.75, 3.05) is 17.3 Å². The van der Waals surface area contributed by atoms with Gasteiger partial charge in [0.2, 0.25) is 0 Å². The predicted octanol–water partition coefficient (Wildman–Crippen LogP) is 4.56. The third kappa shape index (κ3) is 2.11. The SMILES string of the molecule is CN1C=Nc2cccc3cccc1c23.c1ccc2c(c1)CN2. The number of anilines is 2. The highest BCUT2D eigenvalue weighted by Crippen LogP contribution is 2.36. The topological polar surface area (TPSA) is 27.6 Å². The van der Waals surface area contributed by atoms with Crippen LogP contribution in [0.3, 0.4) is 0 Å². The van der Waals surface area contributed by atoms with Gasteiger partial charge in [-0.15, -0.1) is 0 Å². The second-order valence-corrected chi connectivity index (χ2v) is 5.52. The maximum absolute atomic E-state index is 4.39. The van der Waals surface area contributed by atoms with E-state index in [1.807, 2.05) is 25.5 Å². The molecule has 0 atom stereocenters. The van der Waals surface area contributed by atoms with E-state index in [0.29, 0.717) is 0 Å². The van der Waals surface area contributed by atoms with E-state index in [-0.39, 0.29) is 0 Å². The molecule has 3 heteroatoms. The van der Waals surface area contributed by atoms with E-state index in [2.05, 4.69) is 63.7 Å². The van der Waals surface area contributed by atoms with Crippen molar-refractivity contribution in [3.8, 4) is 0 Å². The van der Waals surface area contributed by atoms with Gasteiger partial charge in [0.05, 0.1) is 17.7 Å². The van der Waals surface area contributed by atoms with E-state index < -0.39 is 0 Å². The van der Waals surface area contributed by atoms with Crippen LogP contribution >= 0.6 is 0 Å². The van der Waals surface area contributed by atoms with E-state index in [0.717, 1.165) is 12.2 Å². The van der Waals surface area contributed by atoms with Crippen molar-refractivity contribution in [3.05, 3.63) is 66.2 Å². The van der Waals surface area contributed by atoms with E-state index in [1.165, 1.54) is 27.7 Å². The summed E-state index contributed by atoms with van der Waals surface area (Å²) in [4.78, 5) is 6.44. The van der Waals surface area contributed by atoms with Gasteiger partial charge in [-0.05, 0) is 29.1 Å². The number of hydrogen-bond donors (Lipinski definition) is 1. The number of rotatable bonds is 0. The van der Waals surface area contributed by atoms with Crippen molar-refractivity contribution >= 4 is 34.2 Å². The zero-order chi connectivity index (χ0) is 14.9. The highest BCUT2D eigenvalue weighted by Gasteiger charge is 2.11. The molecule has 5 rings (SSSR count). The molecule has 2 aliphatic rings. The van der Waals surface area contributed by atoms with Crippen molar-refractivity contribution in [1.29, 1.82) is 0 Å². The Kier molecular flexibility index (Phi) is 3.04. The van der Waals surface area contributed by atoms with Crippen molar-refractivity contribution < 1.29 is 0 Å². The van der Waals surface area contributed by atoms with Crippen LogP contribution in [0.15, 0.2) is 65.7 Å². The quantitative estimate of drug-likeness (QED) is 0.656. The second kappa shape index (κ2) is 5.19. The van der Waals surface area contributed by atoms with Gasteiger partial charge in [0.15, 0.2) is 0 Å². The summed E-state index contributed by atoms with van der Waals surface area (Å²) < 4.78 is 0. The molecule has 0 fully saturated rings. The van der Waals surface area contributed by atoms with Crippen LogP contribution in [0.5, 0.6) is 0 Å². The molecule has 0 bridgehead atoms. The standard InChI is InChI=1S/C12H10N2.C7H7N/c1-14-8-13-10-6-2-4-9-5-3-7-11(14)12(9)10;1-2-4-7-6(3-1)5-8-7/h2-8H,1H3;1-4,8H,5H2. The number of nitrogens with one attached hydrogen (secondary N) is 1. The first-order valence-corrected chi connectivity index (χ1v) is 7.43. The Hall–Kier alpha value is -2.81. The van der Waals surface area contributed by atoms with Crippen molar-refractivity contribution in [2.24, 2.45) is 4.99 Å². The van der Waals surface area contributed by atoms with E-state index in [1.54, 1.807) is 0 Å². The third-order valence-corrected chi connectivity index (χ3v) is 4.10. The lowest BCUT2D eigenvalue weighted by molar-refractivity contribution is 1.05. The number of aliphatic imine (C=N–C) groups is 1. The molecule has 0 amide bonds. The molecular weight excluding hydrogens is 270 g/mol. The minimum absolute atomic E-state index is 1.05. The summed E-state index contributed by atoms with van der Waals surface area (Å²) in [5, 5.41) is 5.69. The second-order valence-electron chi connectivity index (χ2n) is 5.52. The lowest BCUT2D eigenvalue weighted by Gasteiger charge is -2.20. The molecular formula is C19H17N3. The van der Waals surface area contributed by atoms with E-state index in [9.17, 15) is 0 Å². The number of nitrogens with zero attached hydrogens (tertiary/aromatic N) is 2. The molecule has 3 aromatic carbocycles. The van der Waals surface area contributed by atoms with Crippen LogP contribution < -0.4 is 10.2 Å². The van der Waals surface area contributed by atoms with Gasteiger partial charge >= 0.3 is 0 Å². The van der Waals surface area contributed by atoms with Gasteiger partial charge in [0.1, 0.15) is 0 Å². The molecule has 0 unspecified atom stereocenters. The lowest BCUT2D eigenvalue weighted by Crippen LogP contribution is -2.16. The van der Waals surface area contributed by atoms with Crippen molar-refractivity contribution in [1.82, 2.24) is 0 Å². The number of benzene rings is 3.